The van der Waals surface area contributed by atoms with Crippen LogP contribution in [0.5, 0.6) is 11.5 Å². The highest BCUT2D eigenvalue weighted by Gasteiger charge is 2.17. The third-order valence-corrected chi connectivity index (χ3v) is 4.28. The number of rotatable bonds is 7. The molecular weight excluding hydrogens is 344 g/mol. The van der Waals surface area contributed by atoms with Gasteiger partial charge in [-0.3, -0.25) is 4.79 Å². The number of thiazole rings is 1. The number of aliphatic imine (C=N–C) groups is 1. The molecule has 9 heteroatoms. The summed E-state index contributed by atoms with van der Waals surface area (Å²) in [6, 6.07) is 5.46. The molecule has 134 valence electrons. The molecule has 25 heavy (non-hydrogen) atoms. The number of aliphatic carboxylic acids is 1. The van der Waals surface area contributed by atoms with Crippen LogP contribution >= 0.6 is 11.3 Å². The first-order chi connectivity index (χ1) is 12.0. The van der Waals surface area contributed by atoms with Crippen LogP contribution in [0.3, 0.4) is 0 Å². The molecular formula is C16H20N4O4S. The van der Waals surface area contributed by atoms with E-state index < -0.39 is 11.9 Å². The second-order valence-electron chi connectivity index (χ2n) is 5.11. The molecule has 4 N–H and O–H groups in total. The maximum atomic E-state index is 11.0. The normalized spacial score (nSPS) is 12.5. The number of carbonyl (C=O) groups is 1. The van der Waals surface area contributed by atoms with Crippen LogP contribution < -0.4 is 20.5 Å². The zero-order valence-electron chi connectivity index (χ0n) is 14.1. The number of aromatic nitrogens is 1. The fraction of sp³-hybridized carbons (Fsp3) is 0.312. The van der Waals surface area contributed by atoms with Crippen LogP contribution in [0.4, 0.5) is 5.13 Å². The number of carboxylic acids is 1. The average molecular weight is 364 g/mol. The number of nitrogens with two attached hydrogens (primary N) is 1. The van der Waals surface area contributed by atoms with Crippen LogP contribution in [-0.2, 0) is 11.3 Å². The summed E-state index contributed by atoms with van der Waals surface area (Å²) in [5.74, 6) is -0.133. The van der Waals surface area contributed by atoms with Gasteiger partial charge in [0.15, 0.2) is 11.1 Å². The number of benzene rings is 1. The van der Waals surface area contributed by atoms with E-state index in [2.05, 4.69) is 15.3 Å². The van der Waals surface area contributed by atoms with Crippen molar-refractivity contribution in [3.63, 3.8) is 0 Å². The Balaban J connectivity index is 2.09. The van der Waals surface area contributed by atoms with Crippen LogP contribution in [0, 0.1) is 0 Å². The number of nitrogens with zero attached hydrogens (tertiary/aromatic N) is 2. The topological polar surface area (TPSA) is 119 Å². The molecule has 1 unspecified atom stereocenters. The molecule has 1 aromatic carbocycles. The summed E-state index contributed by atoms with van der Waals surface area (Å²) in [5, 5.41) is 14.0. The molecule has 8 nitrogen and oxygen atoms in total. The Labute approximate surface area is 149 Å². The van der Waals surface area contributed by atoms with E-state index in [4.69, 9.17) is 20.3 Å². The fourth-order valence-corrected chi connectivity index (χ4v) is 2.88. The van der Waals surface area contributed by atoms with Gasteiger partial charge >= 0.3 is 5.97 Å². The SMILES string of the molecule is COc1cccc(OC)c1CN=C(N)Nc1nc(C(C)C(=O)O)cs1. The van der Waals surface area contributed by atoms with Crippen molar-refractivity contribution in [3.8, 4) is 11.5 Å². The summed E-state index contributed by atoms with van der Waals surface area (Å²) < 4.78 is 10.6. The van der Waals surface area contributed by atoms with E-state index in [1.807, 2.05) is 18.2 Å². The highest BCUT2D eigenvalue weighted by molar-refractivity contribution is 7.14. The number of ether oxygens (including phenoxy) is 2. The molecule has 1 heterocycles. The summed E-state index contributed by atoms with van der Waals surface area (Å²) in [6.07, 6.45) is 0. The number of nitrogens with one attached hydrogen (secondary N) is 1. The quantitative estimate of drug-likeness (QED) is 0.509. The largest absolute Gasteiger partial charge is 0.496 e. The average Bonchev–Trinajstić information content (AvgIpc) is 3.06. The summed E-state index contributed by atoms with van der Waals surface area (Å²) in [6.45, 7) is 1.84. The van der Waals surface area contributed by atoms with Gasteiger partial charge in [-0.2, -0.15) is 0 Å². The maximum Gasteiger partial charge on any atom is 0.312 e. The fourth-order valence-electron chi connectivity index (χ4n) is 2.07. The molecule has 0 bridgehead atoms. The van der Waals surface area contributed by atoms with Gasteiger partial charge in [0, 0.05) is 5.38 Å². The third-order valence-electron chi connectivity index (χ3n) is 3.51. The van der Waals surface area contributed by atoms with Crippen molar-refractivity contribution in [1.29, 1.82) is 0 Å². The molecule has 2 rings (SSSR count). The molecule has 1 aromatic heterocycles. The number of anilines is 1. The van der Waals surface area contributed by atoms with Crippen LogP contribution in [0.2, 0.25) is 0 Å². The van der Waals surface area contributed by atoms with Gasteiger partial charge in [-0.05, 0) is 19.1 Å². The van der Waals surface area contributed by atoms with Crippen molar-refractivity contribution in [3.05, 3.63) is 34.8 Å². The maximum absolute atomic E-state index is 11.0. The van der Waals surface area contributed by atoms with Crippen LogP contribution in [-0.4, -0.2) is 36.2 Å². The lowest BCUT2D eigenvalue weighted by Gasteiger charge is -2.11. The van der Waals surface area contributed by atoms with Crippen molar-refractivity contribution in [2.75, 3.05) is 19.5 Å². The minimum absolute atomic E-state index is 0.164. The second kappa shape index (κ2) is 8.34. The van der Waals surface area contributed by atoms with Crippen LogP contribution in [0.1, 0.15) is 24.1 Å². The van der Waals surface area contributed by atoms with Gasteiger partial charge < -0.3 is 25.6 Å². The monoisotopic (exact) mass is 364 g/mol. The lowest BCUT2D eigenvalue weighted by Crippen LogP contribution is -2.22. The van der Waals surface area contributed by atoms with E-state index in [0.717, 1.165) is 5.56 Å². The van der Waals surface area contributed by atoms with E-state index in [-0.39, 0.29) is 12.5 Å². The van der Waals surface area contributed by atoms with Crippen LogP contribution in [0.15, 0.2) is 28.6 Å². The van der Waals surface area contributed by atoms with E-state index in [1.54, 1.807) is 26.5 Å². The number of hydrogen-bond acceptors (Lipinski definition) is 6. The highest BCUT2D eigenvalue weighted by Crippen LogP contribution is 2.29. The Morgan fingerprint density at radius 3 is 2.60 bits per heavy atom. The first kappa shape index (κ1) is 18.5. The first-order valence-electron chi connectivity index (χ1n) is 7.41. The van der Waals surface area contributed by atoms with Crippen molar-refractivity contribution < 1.29 is 19.4 Å². The van der Waals surface area contributed by atoms with Gasteiger partial charge in [0.1, 0.15) is 11.5 Å². The Kier molecular flexibility index (Phi) is 6.18. The van der Waals surface area contributed by atoms with Gasteiger partial charge in [0.25, 0.3) is 0 Å². The van der Waals surface area contributed by atoms with Crippen molar-refractivity contribution in [2.24, 2.45) is 10.7 Å². The summed E-state index contributed by atoms with van der Waals surface area (Å²) >= 11 is 1.26. The van der Waals surface area contributed by atoms with E-state index >= 15 is 0 Å². The van der Waals surface area contributed by atoms with Crippen LogP contribution in [0.25, 0.3) is 0 Å². The molecule has 2 aromatic rings. The Bertz CT molecular complexity index is 753. The first-order valence-corrected chi connectivity index (χ1v) is 8.29. The van der Waals surface area contributed by atoms with Crippen molar-refractivity contribution in [2.45, 2.75) is 19.4 Å². The van der Waals surface area contributed by atoms with Gasteiger partial charge in [-0.25, -0.2) is 9.98 Å². The minimum Gasteiger partial charge on any atom is -0.496 e. The zero-order valence-corrected chi connectivity index (χ0v) is 15.0. The lowest BCUT2D eigenvalue weighted by atomic mass is 10.1. The number of methoxy groups -OCH3 is 2. The van der Waals surface area contributed by atoms with E-state index in [0.29, 0.717) is 22.3 Å². The Morgan fingerprint density at radius 1 is 1.40 bits per heavy atom. The molecule has 0 amide bonds. The van der Waals surface area contributed by atoms with Gasteiger partial charge in [-0.1, -0.05) is 6.07 Å². The zero-order chi connectivity index (χ0) is 18.4. The molecule has 0 fully saturated rings. The van der Waals surface area contributed by atoms with Gasteiger partial charge in [0.05, 0.1) is 37.9 Å². The predicted molar refractivity (Wildman–Crippen MR) is 96.7 cm³/mol. The minimum atomic E-state index is -0.929. The van der Waals surface area contributed by atoms with Gasteiger partial charge in [0.2, 0.25) is 0 Å². The molecule has 1 atom stereocenters. The molecule has 0 saturated heterocycles. The van der Waals surface area contributed by atoms with Gasteiger partial charge in [-0.15, -0.1) is 11.3 Å². The lowest BCUT2D eigenvalue weighted by molar-refractivity contribution is -0.138. The number of carboxylic acid groups (broad SMARTS) is 1. The summed E-state index contributed by atoms with van der Waals surface area (Å²) in [4.78, 5) is 19.5. The smallest absolute Gasteiger partial charge is 0.312 e. The predicted octanol–water partition coefficient (Wildman–Crippen LogP) is 2.28. The Hall–Kier alpha value is -2.81. The molecule has 0 saturated carbocycles. The van der Waals surface area contributed by atoms with E-state index in [1.165, 1.54) is 11.3 Å². The molecule has 0 aliphatic rings. The number of guanidine groups is 1. The Morgan fingerprint density at radius 2 is 2.04 bits per heavy atom. The molecule has 0 aliphatic carbocycles. The number of hydrogen-bond donors (Lipinski definition) is 3. The molecule has 0 spiro atoms. The molecule has 0 aliphatic heterocycles. The third kappa shape index (κ3) is 4.60. The standard InChI is InChI=1S/C16H20N4O4S/c1-9(14(21)22)11-8-25-16(19-11)20-15(17)18-7-10-12(23-2)5-4-6-13(10)24-3/h4-6,8-9H,7H2,1-3H3,(H,21,22)(H3,17,18,19,20). The summed E-state index contributed by atoms with van der Waals surface area (Å²) in [5.41, 5.74) is 7.14. The second-order valence-corrected chi connectivity index (χ2v) is 5.96. The molecule has 0 radical (unpaired) electrons. The van der Waals surface area contributed by atoms with Crippen molar-refractivity contribution in [1.82, 2.24) is 4.98 Å². The summed E-state index contributed by atoms with van der Waals surface area (Å²) in [7, 11) is 3.15. The van der Waals surface area contributed by atoms with E-state index in [9.17, 15) is 4.79 Å². The highest BCUT2D eigenvalue weighted by atomic mass is 32.1. The van der Waals surface area contributed by atoms with Crippen molar-refractivity contribution >= 4 is 28.4 Å².